The molecule has 0 atom stereocenters. The van der Waals surface area contributed by atoms with E-state index in [9.17, 15) is 5.26 Å². The monoisotopic (exact) mass is 374 g/mol. The first-order chi connectivity index (χ1) is 13.3. The van der Waals surface area contributed by atoms with E-state index in [0.717, 1.165) is 22.2 Å². The van der Waals surface area contributed by atoms with Crippen molar-refractivity contribution in [2.24, 2.45) is 0 Å². The summed E-state index contributed by atoms with van der Waals surface area (Å²) in [6.07, 6.45) is 0. The summed E-state index contributed by atoms with van der Waals surface area (Å²) in [6, 6.07) is 19.2. The number of thioether (sulfide) groups is 1. The zero-order valence-corrected chi connectivity index (χ0v) is 15.2. The molecule has 132 valence electrons. The molecule has 0 bridgehead atoms. The van der Waals surface area contributed by atoms with Crippen molar-refractivity contribution in [2.45, 2.75) is 10.8 Å². The minimum atomic E-state index is 0.428. The molecule has 2 aromatic heterocycles. The van der Waals surface area contributed by atoms with Crippen molar-refractivity contribution in [3.8, 4) is 23.3 Å². The molecule has 2 heterocycles. The van der Waals surface area contributed by atoms with E-state index < -0.39 is 0 Å². The van der Waals surface area contributed by atoms with E-state index >= 15 is 0 Å². The normalized spacial score (nSPS) is 10.7. The van der Waals surface area contributed by atoms with Gasteiger partial charge in [0.1, 0.15) is 16.8 Å². The first kappa shape index (κ1) is 17.1. The number of fused-ring (bicyclic) bond motifs is 1. The van der Waals surface area contributed by atoms with Gasteiger partial charge in [-0.25, -0.2) is 4.98 Å². The molecule has 27 heavy (non-hydrogen) atoms. The van der Waals surface area contributed by atoms with Gasteiger partial charge in [0.05, 0.1) is 23.9 Å². The molecule has 0 radical (unpaired) electrons. The smallest absolute Gasteiger partial charge is 0.247 e. The molecule has 0 spiro atoms. The van der Waals surface area contributed by atoms with Gasteiger partial charge in [-0.05, 0) is 30.3 Å². The Hall–Kier alpha value is -3.37. The van der Waals surface area contributed by atoms with Crippen LogP contribution in [0.25, 0.3) is 22.4 Å². The summed E-state index contributed by atoms with van der Waals surface area (Å²) >= 11 is 1.39. The highest BCUT2D eigenvalue weighted by Gasteiger charge is 2.12. The Bertz CT molecular complexity index is 1140. The maximum absolute atomic E-state index is 9.45. The van der Waals surface area contributed by atoms with Crippen molar-refractivity contribution in [3.05, 3.63) is 66.1 Å². The Kier molecular flexibility index (Phi) is 4.73. The highest BCUT2D eigenvalue weighted by atomic mass is 32.2. The maximum Gasteiger partial charge on any atom is 0.247 e. The standard InChI is InChI=1S/C20H14N4O2S/c1-25-16-8-7-14-9-15(11-21)20(22-17(14)10-16)27-12-18-23-24-19(26-18)13-5-3-2-4-6-13/h2-10H,12H2,1H3. The van der Waals surface area contributed by atoms with Gasteiger partial charge in [-0.15, -0.1) is 10.2 Å². The second-order valence-electron chi connectivity index (χ2n) is 5.67. The summed E-state index contributed by atoms with van der Waals surface area (Å²) in [6.45, 7) is 0. The lowest BCUT2D eigenvalue weighted by Crippen LogP contribution is -1.91. The summed E-state index contributed by atoms with van der Waals surface area (Å²) in [7, 11) is 1.61. The first-order valence-electron chi connectivity index (χ1n) is 8.16. The van der Waals surface area contributed by atoms with E-state index in [1.165, 1.54) is 11.8 Å². The fraction of sp³-hybridized carbons (Fsp3) is 0.100. The highest BCUT2D eigenvalue weighted by Crippen LogP contribution is 2.29. The molecule has 0 unspecified atom stereocenters. The number of ether oxygens (including phenoxy) is 1. The van der Waals surface area contributed by atoms with Crippen LogP contribution in [0.3, 0.4) is 0 Å². The predicted molar refractivity (Wildman–Crippen MR) is 102 cm³/mol. The van der Waals surface area contributed by atoms with Crippen molar-refractivity contribution < 1.29 is 9.15 Å². The van der Waals surface area contributed by atoms with Crippen LogP contribution in [0.4, 0.5) is 0 Å². The van der Waals surface area contributed by atoms with E-state index in [4.69, 9.17) is 9.15 Å². The Morgan fingerprint density at radius 2 is 1.96 bits per heavy atom. The number of pyridine rings is 1. The Morgan fingerprint density at radius 3 is 2.74 bits per heavy atom. The van der Waals surface area contributed by atoms with Crippen molar-refractivity contribution in [1.82, 2.24) is 15.2 Å². The molecule has 2 aromatic carbocycles. The van der Waals surface area contributed by atoms with E-state index in [1.807, 2.05) is 54.6 Å². The van der Waals surface area contributed by atoms with Crippen LogP contribution in [0.2, 0.25) is 0 Å². The number of benzene rings is 2. The van der Waals surface area contributed by atoms with Crippen molar-refractivity contribution >= 4 is 22.7 Å². The van der Waals surface area contributed by atoms with Crippen LogP contribution in [0.15, 0.2) is 64.0 Å². The summed E-state index contributed by atoms with van der Waals surface area (Å²) in [5.74, 6) is 2.11. The molecule has 0 amide bonds. The number of nitrogens with zero attached hydrogens (tertiary/aromatic N) is 4. The predicted octanol–water partition coefficient (Wildman–Crippen LogP) is 4.46. The van der Waals surface area contributed by atoms with Crippen LogP contribution in [0.1, 0.15) is 11.5 Å². The van der Waals surface area contributed by atoms with Crippen molar-refractivity contribution in [2.75, 3.05) is 7.11 Å². The van der Waals surface area contributed by atoms with Crippen molar-refractivity contribution in [1.29, 1.82) is 5.26 Å². The third-order valence-corrected chi connectivity index (χ3v) is 4.91. The van der Waals surface area contributed by atoms with Gasteiger partial charge >= 0.3 is 0 Å². The molecule has 0 aliphatic heterocycles. The van der Waals surface area contributed by atoms with Gasteiger partial charge in [0, 0.05) is 17.0 Å². The molecule has 7 heteroatoms. The number of methoxy groups -OCH3 is 1. The number of hydrogen-bond donors (Lipinski definition) is 0. The molecular weight excluding hydrogens is 360 g/mol. The third-order valence-electron chi connectivity index (χ3n) is 3.93. The van der Waals surface area contributed by atoms with E-state index in [0.29, 0.717) is 28.1 Å². The Balaban J connectivity index is 1.58. The summed E-state index contributed by atoms with van der Waals surface area (Å²) in [5.41, 5.74) is 2.15. The molecule has 0 fully saturated rings. The van der Waals surface area contributed by atoms with E-state index in [1.54, 1.807) is 7.11 Å². The molecule has 0 N–H and O–H groups in total. The maximum atomic E-state index is 9.45. The summed E-state index contributed by atoms with van der Waals surface area (Å²) in [5, 5.41) is 19.1. The topological polar surface area (TPSA) is 84.8 Å². The summed E-state index contributed by atoms with van der Waals surface area (Å²) < 4.78 is 11.0. The zero-order valence-electron chi connectivity index (χ0n) is 14.4. The van der Waals surface area contributed by atoms with Crippen LogP contribution in [-0.4, -0.2) is 22.3 Å². The van der Waals surface area contributed by atoms with Crippen LogP contribution < -0.4 is 4.74 Å². The van der Waals surface area contributed by atoms with Gasteiger partial charge in [-0.1, -0.05) is 30.0 Å². The van der Waals surface area contributed by atoms with Gasteiger partial charge in [0.15, 0.2) is 0 Å². The second-order valence-corrected chi connectivity index (χ2v) is 6.63. The molecule has 0 aliphatic rings. The number of rotatable bonds is 5. The molecule has 4 rings (SSSR count). The largest absolute Gasteiger partial charge is 0.497 e. The third kappa shape index (κ3) is 3.61. The molecule has 4 aromatic rings. The van der Waals surface area contributed by atoms with Gasteiger partial charge in [-0.2, -0.15) is 5.26 Å². The lowest BCUT2D eigenvalue weighted by molar-refractivity contribution is 0.415. The first-order valence-corrected chi connectivity index (χ1v) is 9.15. The van der Waals surface area contributed by atoms with Gasteiger partial charge in [0.25, 0.3) is 0 Å². The van der Waals surface area contributed by atoms with Crippen molar-refractivity contribution in [3.63, 3.8) is 0 Å². The van der Waals surface area contributed by atoms with E-state index in [-0.39, 0.29) is 0 Å². The highest BCUT2D eigenvalue weighted by molar-refractivity contribution is 7.98. The van der Waals surface area contributed by atoms with Gasteiger partial charge < -0.3 is 9.15 Å². The van der Waals surface area contributed by atoms with Crippen LogP contribution in [0.5, 0.6) is 5.75 Å². The quantitative estimate of drug-likeness (QED) is 0.477. The van der Waals surface area contributed by atoms with Gasteiger partial charge in [-0.3, -0.25) is 0 Å². The lowest BCUT2D eigenvalue weighted by Gasteiger charge is -2.06. The lowest BCUT2D eigenvalue weighted by atomic mass is 10.1. The average molecular weight is 374 g/mol. The Labute approximate surface area is 159 Å². The minimum Gasteiger partial charge on any atom is -0.497 e. The van der Waals surface area contributed by atoms with Crippen LogP contribution >= 0.6 is 11.8 Å². The fourth-order valence-electron chi connectivity index (χ4n) is 2.59. The number of aromatic nitrogens is 3. The molecule has 6 nitrogen and oxygen atoms in total. The number of hydrogen-bond acceptors (Lipinski definition) is 7. The van der Waals surface area contributed by atoms with Gasteiger partial charge in [0.2, 0.25) is 11.8 Å². The average Bonchev–Trinajstić information content (AvgIpc) is 3.20. The zero-order chi connectivity index (χ0) is 18.6. The molecular formula is C20H14N4O2S. The molecule has 0 saturated carbocycles. The summed E-state index contributed by atoms with van der Waals surface area (Å²) in [4.78, 5) is 4.61. The molecule has 0 saturated heterocycles. The minimum absolute atomic E-state index is 0.428. The fourth-order valence-corrected chi connectivity index (χ4v) is 3.39. The second kappa shape index (κ2) is 7.48. The Morgan fingerprint density at radius 1 is 1.11 bits per heavy atom. The molecule has 0 aliphatic carbocycles. The SMILES string of the molecule is COc1ccc2cc(C#N)c(SCc3nnc(-c4ccccc4)o3)nc2c1. The number of nitriles is 1. The van der Waals surface area contributed by atoms with E-state index in [2.05, 4.69) is 21.3 Å². The van der Waals surface area contributed by atoms with Crippen LogP contribution in [-0.2, 0) is 5.75 Å². The van der Waals surface area contributed by atoms with Crippen LogP contribution in [0, 0.1) is 11.3 Å².